The van der Waals surface area contributed by atoms with Gasteiger partial charge in [0.25, 0.3) is 0 Å². The third kappa shape index (κ3) is 2.17. The summed E-state index contributed by atoms with van der Waals surface area (Å²) in [4.78, 5) is 0. The van der Waals surface area contributed by atoms with Crippen LogP contribution in [0.3, 0.4) is 0 Å². The van der Waals surface area contributed by atoms with E-state index >= 15 is 0 Å². The summed E-state index contributed by atoms with van der Waals surface area (Å²) in [6.07, 6.45) is -4.87. The van der Waals surface area contributed by atoms with Gasteiger partial charge in [-0.05, 0) is 12.1 Å². The fraction of sp³-hybridized carbons (Fsp3) is 0.250. The zero-order valence-corrected chi connectivity index (χ0v) is 7.28. The highest BCUT2D eigenvalue weighted by atomic mass is 19.4. The van der Waals surface area contributed by atoms with Crippen LogP contribution in [0.5, 0.6) is 0 Å². The fourth-order valence-electron chi connectivity index (χ4n) is 1.06. The lowest BCUT2D eigenvalue weighted by Gasteiger charge is -2.18. The molecule has 0 fully saturated rings. The van der Waals surface area contributed by atoms with Crippen molar-refractivity contribution in [2.24, 2.45) is 5.73 Å². The fourth-order valence-corrected chi connectivity index (χ4v) is 1.06. The highest BCUT2D eigenvalue weighted by molar-refractivity contribution is 5.49. The molecule has 0 aliphatic rings. The van der Waals surface area contributed by atoms with Gasteiger partial charge in [0.15, 0.2) is 11.6 Å². The lowest BCUT2D eigenvalue weighted by Crippen LogP contribution is -2.30. The molecule has 0 saturated carbocycles. The average Bonchev–Trinajstić information content (AvgIpc) is 2.10. The first-order valence-electron chi connectivity index (χ1n) is 3.80. The maximum atomic E-state index is 13.0. The first kappa shape index (κ1) is 11.7. The van der Waals surface area contributed by atoms with Gasteiger partial charge in [-0.1, -0.05) is 0 Å². The molecule has 0 amide bonds. The summed E-state index contributed by atoms with van der Waals surface area (Å²) in [5.41, 5.74) is 8.24. The standard InChI is InChI=1S/C8H7F5N2/c9-3-1-2-4(14)5(6(3)10)7(15)8(11,12)13/h1-2,7H,14-15H2. The smallest absolute Gasteiger partial charge is 0.398 e. The largest absolute Gasteiger partial charge is 0.407 e. The number of nitrogen functional groups attached to an aromatic ring is 1. The Morgan fingerprint density at radius 2 is 1.67 bits per heavy atom. The van der Waals surface area contributed by atoms with Gasteiger partial charge < -0.3 is 11.5 Å². The molecular weight excluding hydrogens is 219 g/mol. The third-order valence-corrected chi connectivity index (χ3v) is 1.83. The van der Waals surface area contributed by atoms with Crippen LogP contribution in [0.4, 0.5) is 27.6 Å². The number of hydrogen-bond acceptors (Lipinski definition) is 2. The van der Waals surface area contributed by atoms with E-state index in [1.807, 2.05) is 0 Å². The van der Waals surface area contributed by atoms with Crippen molar-refractivity contribution in [2.45, 2.75) is 12.2 Å². The summed E-state index contributed by atoms with van der Waals surface area (Å²) in [6.45, 7) is 0. The second-order valence-electron chi connectivity index (χ2n) is 2.88. The number of anilines is 1. The van der Waals surface area contributed by atoms with Gasteiger partial charge in [-0.15, -0.1) is 0 Å². The molecule has 1 rings (SSSR count). The van der Waals surface area contributed by atoms with Crippen molar-refractivity contribution in [3.63, 3.8) is 0 Å². The molecule has 7 heteroatoms. The Morgan fingerprint density at radius 3 is 2.13 bits per heavy atom. The van der Waals surface area contributed by atoms with E-state index in [0.29, 0.717) is 6.07 Å². The van der Waals surface area contributed by atoms with Gasteiger partial charge in [-0.25, -0.2) is 8.78 Å². The Bertz CT molecular complexity index is 374. The molecule has 15 heavy (non-hydrogen) atoms. The molecule has 0 radical (unpaired) electrons. The maximum absolute atomic E-state index is 13.0. The number of halogens is 5. The summed E-state index contributed by atoms with van der Waals surface area (Å²) in [6, 6.07) is -1.16. The number of benzene rings is 1. The van der Waals surface area contributed by atoms with Gasteiger partial charge in [-0.3, -0.25) is 0 Å². The Morgan fingerprint density at radius 1 is 1.13 bits per heavy atom. The molecule has 1 aromatic carbocycles. The predicted octanol–water partition coefficient (Wildman–Crippen LogP) is 2.11. The second kappa shape index (κ2) is 3.65. The average molecular weight is 226 g/mol. The third-order valence-electron chi connectivity index (χ3n) is 1.83. The van der Waals surface area contributed by atoms with Crippen LogP contribution in [0.1, 0.15) is 11.6 Å². The molecule has 2 nitrogen and oxygen atoms in total. The normalized spacial score (nSPS) is 14.0. The van der Waals surface area contributed by atoms with Gasteiger partial charge in [0.05, 0.1) is 0 Å². The first-order chi connectivity index (χ1) is 6.75. The minimum atomic E-state index is -4.87. The van der Waals surface area contributed by atoms with E-state index in [0.717, 1.165) is 6.07 Å². The molecule has 0 bridgehead atoms. The highest BCUT2D eigenvalue weighted by Crippen LogP contribution is 2.35. The molecule has 1 aromatic rings. The zero-order chi connectivity index (χ0) is 11.8. The van der Waals surface area contributed by atoms with Crippen LogP contribution in [0.2, 0.25) is 0 Å². The number of nitrogens with two attached hydrogens (primary N) is 2. The zero-order valence-electron chi connectivity index (χ0n) is 7.28. The molecular formula is C8H7F5N2. The van der Waals surface area contributed by atoms with Crippen LogP contribution < -0.4 is 11.5 Å². The summed E-state index contributed by atoms with van der Waals surface area (Å²) in [7, 11) is 0. The first-order valence-corrected chi connectivity index (χ1v) is 3.80. The summed E-state index contributed by atoms with van der Waals surface area (Å²) >= 11 is 0. The molecule has 4 N–H and O–H groups in total. The second-order valence-corrected chi connectivity index (χ2v) is 2.88. The molecule has 0 aliphatic heterocycles. The van der Waals surface area contributed by atoms with Crippen molar-refractivity contribution in [2.75, 3.05) is 5.73 Å². The molecule has 0 aliphatic carbocycles. The monoisotopic (exact) mass is 226 g/mol. The van der Waals surface area contributed by atoms with E-state index in [2.05, 4.69) is 0 Å². The van der Waals surface area contributed by atoms with Crippen LogP contribution in [0.15, 0.2) is 12.1 Å². The van der Waals surface area contributed by atoms with Crippen LogP contribution in [0, 0.1) is 11.6 Å². The molecule has 0 aromatic heterocycles. The van der Waals surface area contributed by atoms with Gasteiger partial charge in [-0.2, -0.15) is 13.2 Å². The van der Waals surface area contributed by atoms with Crippen molar-refractivity contribution in [3.8, 4) is 0 Å². The molecule has 0 spiro atoms. The van der Waals surface area contributed by atoms with Crippen LogP contribution >= 0.6 is 0 Å². The van der Waals surface area contributed by atoms with Crippen LogP contribution in [0.25, 0.3) is 0 Å². The summed E-state index contributed by atoms with van der Waals surface area (Å²) in [5.74, 6) is -3.08. The van der Waals surface area contributed by atoms with Gasteiger partial charge in [0, 0.05) is 11.3 Å². The lowest BCUT2D eigenvalue weighted by molar-refractivity contribution is -0.149. The van der Waals surface area contributed by atoms with E-state index in [-0.39, 0.29) is 0 Å². The van der Waals surface area contributed by atoms with Gasteiger partial charge in [0.1, 0.15) is 6.04 Å². The topological polar surface area (TPSA) is 52.0 Å². The Kier molecular flexibility index (Phi) is 2.85. The maximum Gasteiger partial charge on any atom is 0.407 e. The summed E-state index contributed by atoms with van der Waals surface area (Å²) < 4.78 is 62.1. The minimum absolute atomic E-state index is 0.529. The van der Waals surface area contributed by atoms with Crippen molar-refractivity contribution >= 4 is 5.69 Å². The molecule has 1 atom stereocenters. The predicted molar refractivity (Wildman–Crippen MR) is 43.8 cm³/mol. The number of alkyl halides is 3. The Labute approximate surface area is 81.7 Å². The molecule has 0 saturated heterocycles. The van der Waals surface area contributed by atoms with E-state index in [4.69, 9.17) is 11.5 Å². The van der Waals surface area contributed by atoms with Gasteiger partial charge in [0.2, 0.25) is 0 Å². The SMILES string of the molecule is Nc1ccc(F)c(F)c1C(N)C(F)(F)F. The van der Waals surface area contributed by atoms with E-state index in [9.17, 15) is 22.0 Å². The van der Waals surface area contributed by atoms with Crippen molar-refractivity contribution in [1.82, 2.24) is 0 Å². The van der Waals surface area contributed by atoms with Crippen molar-refractivity contribution < 1.29 is 22.0 Å². The van der Waals surface area contributed by atoms with Crippen molar-refractivity contribution in [1.29, 1.82) is 0 Å². The Balaban J connectivity index is 3.31. The van der Waals surface area contributed by atoms with Crippen LogP contribution in [-0.2, 0) is 0 Å². The highest BCUT2D eigenvalue weighted by Gasteiger charge is 2.41. The number of rotatable bonds is 1. The van der Waals surface area contributed by atoms with E-state index in [1.54, 1.807) is 0 Å². The van der Waals surface area contributed by atoms with E-state index in [1.165, 1.54) is 0 Å². The lowest BCUT2D eigenvalue weighted by atomic mass is 10.0. The number of hydrogen-bond donors (Lipinski definition) is 2. The van der Waals surface area contributed by atoms with Gasteiger partial charge >= 0.3 is 6.18 Å². The van der Waals surface area contributed by atoms with E-state index < -0.39 is 35.1 Å². The minimum Gasteiger partial charge on any atom is -0.398 e. The molecule has 84 valence electrons. The Hall–Kier alpha value is -1.37. The molecule has 0 heterocycles. The van der Waals surface area contributed by atoms with Crippen LogP contribution in [-0.4, -0.2) is 6.18 Å². The summed E-state index contributed by atoms with van der Waals surface area (Å²) in [5, 5.41) is 0. The quantitative estimate of drug-likeness (QED) is 0.569. The van der Waals surface area contributed by atoms with Crippen molar-refractivity contribution in [3.05, 3.63) is 29.3 Å². The molecule has 1 unspecified atom stereocenters.